The van der Waals surface area contributed by atoms with E-state index in [9.17, 15) is 13.6 Å². The number of carbonyl (C=O) groups excluding carboxylic acids is 1. The first-order valence-corrected chi connectivity index (χ1v) is 3.97. The van der Waals surface area contributed by atoms with Crippen molar-refractivity contribution in [2.45, 2.75) is 24.3 Å². The van der Waals surface area contributed by atoms with Gasteiger partial charge in [-0.05, 0) is 0 Å². The fourth-order valence-corrected chi connectivity index (χ4v) is 1.56. The van der Waals surface area contributed by atoms with Crippen molar-refractivity contribution in [3.8, 4) is 0 Å². The van der Waals surface area contributed by atoms with Gasteiger partial charge in [-0.25, -0.2) is 8.78 Å². The summed E-state index contributed by atoms with van der Waals surface area (Å²) in [7, 11) is 0. The van der Waals surface area contributed by atoms with Gasteiger partial charge in [-0.3, -0.25) is 10.6 Å². The van der Waals surface area contributed by atoms with Crippen LogP contribution < -0.4 is 22.3 Å². The maximum Gasteiger partial charge on any atom is 0.253 e. The summed E-state index contributed by atoms with van der Waals surface area (Å²) in [5.74, 6) is 2.18. The largest absolute Gasteiger partial charge is 0.399 e. The van der Waals surface area contributed by atoms with Gasteiger partial charge in [0.2, 0.25) is 6.41 Å². The van der Waals surface area contributed by atoms with Crippen LogP contribution in [0.1, 0.15) is 12.8 Å². The van der Waals surface area contributed by atoms with E-state index in [2.05, 4.69) is 10.7 Å². The van der Waals surface area contributed by atoms with E-state index < -0.39 is 24.3 Å². The lowest BCUT2D eigenvalue weighted by Crippen LogP contribution is -2.63. The molecule has 14 heavy (non-hydrogen) atoms. The number of nitrogens with two attached hydrogens (primary N) is 2. The molecule has 1 saturated carbocycles. The summed E-state index contributed by atoms with van der Waals surface area (Å²) in [6.07, 6.45) is 0.545. The molecule has 0 heterocycles. The zero-order valence-electron chi connectivity index (χ0n) is 7.39. The van der Waals surface area contributed by atoms with E-state index >= 15 is 0 Å². The molecule has 0 spiro atoms. The molecule has 0 aliphatic heterocycles. The number of halogens is 2. The van der Waals surface area contributed by atoms with Crippen LogP contribution in [0.15, 0.2) is 11.9 Å². The molecule has 0 aromatic carbocycles. The molecule has 0 unspecified atom stereocenters. The van der Waals surface area contributed by atoms with Crippen molar-refractivity contribution in [2.24, 2.45) is 11.6 Å². The van der Waals surface area contributed by atoms with Gasteiger partial charge in [-0.1, -0.05) is 0 Å². The van der Waals surface area contributed by atoms with Gasteiger partial charge in [0.05, 0.1) is 11.2 Å². The first kappa shape index (κ1) is 10.7. The lowest BCUT2D eigenvalue weighted by Gasteiger charge is -2.47. The number of amides is 1. The van der Waals surface area contributed by atoms with E-state index in [1.807, 2.05) is 0 Å². The van der Waals surface area contributed by atoms with Gasteiger partial charge < -0.3 is 16.5 Å². The van der Waals surface area contributed by atoms with Gasteiger partial charge in [-0.15, -0.1) is 0 Å². The van der Waals surface area contributed by atoms with Crippen LogP contribution in [0.5, 0.6) is 0 Å². The number of hydrogen-bond acceptors (Lipinski definition) is 4. The van der Waals surface area contributed by atoms with Gasteiger partial charge in [0.15, 0.2) is 0 Å². The van der Waals surface area contributed by atoms with Crippen LogP contribution in [0.3, 0.4) is 0 Å². The number of hydrogen-bond donors (Lipinski definition) is 4. The van der Waals surface area contributed by atoms with Gasteiger partial charge >= 0.3 is 0 Å². The minimum absolute atomic E-state index is 0.0954. The second-order valence-corrected chi connectivity index (χ2v) is 3.32. The molecular weight excluding hydrogens is 194 g/mol. The van der Waals surface area contributed by atoms with E-state index in [1.54, 1.807) is 0 Å². The lowest BCUT2D eigenvalue weighted by molar-refractivity contribution is -0.132. The van der Waals surface area contributed by atoms with Crippen LogP contribution in [0.25, 0.3) is 0 Å². The molecule has 1 fully saturated rings. The SMILES string of the molecule is NN/C=C(\N)C1(NC=O)CC(F)(F)C1. The van der Waals surface area contributed by atoms with Crippen molar-refractivity contribution in [1.82, 2.24) is 10.7 Å². The van der Waals surface area contributed by atoms with Crippen molar-refractivity contribution in [3.05, 3.63) is 11.9 Å². The Morgan fingerprint density at radius 2 is 2.00 bits per heavy atom. The van der Waals surface area contributed by atoms with Crippen molar-refractivity contribution < 1.29 is 13.6 Å². The topological polar surface area (TPSA) is 93.2 Å². The van der Waals surface area contributed by atoms with Gasteiger partial charge in [-0.2, -0.15) is 0 Å². The highest BCUT2D eigenvalue weighted by Gasteiger charge is 2.58. The molecule has 0 bridgehead atoms. The molecule has 80 valence electrons. The Kier molecular flexibility index (Phi) is 2.61. The number of carbonyl (C=O) groups is 1. The summed E-state index contributed by atoms with van der Waals surface area (Å²) >= 11 is 0. The normalized spacial score (nSPS) is 23.5. The predicted molar refractivity (Wildman–Crippen MR) is 45.7 cm³/mol. The van der Waals surface area contributed by atoms with E-state index in [1.165, 1.54) is 6.20 Å². The van der Waals surface area contributed by atoms with E-state index in [0.717, 1.165) is 0 Å². The summed E-state index contributed by atoms with van der Waals surface area (Å²) in [6.45, 7) is 0. The Morgan fingerprint density at radius 1 is 1.43 bits per heavy atom. The fraction of sp³-hybridized carbons (Fsp3) is 0.571. The molecule has 0 atom stereocenters. The molecule has 0 aromatic rings. The zero-order chi connectivity index (χ0) is 10.8. The summed E-state index contributed by atoms with van der Waals surface area (Å²) in [5, 5.41) is 2.29. The minimum Gasteiger partial charge on any atom is -0.399 e. The van der Waals surface area contributed by atoms with E-state index in [4.69, 9.17) is 11.6 Å². The Hall–Kier alpha value is -1.37. The Balaban J connectivity index is 2.76. The maximum absolute atomic E-state index is 12.7. The highest BCUT2D eigenvalue weighted by Crippen LogP contribution is 2.47. The minimum atomic E-state index is -2.77. The van der Waals surface area contributed by atoms with Crippen LogP contribution in [0.4, 0.5) is 8.78 Å². The monoisotopic (exact) mass is 206 g/mol. The van der Waals surface area contributed by atoms with E-state index in [0.29, 0.717) is 6.41 Å². The molecule has 0 radical (unpaired) electrons. The maximum atomic E-state index is 12.7. The van der Waals surface area contributed by atoms with E-state index in [-0.39, 0.29) is 5.70 Å². The third-order valence-electron chi connectivity index (χ3n) is 2.25. The van der Waals surface area contributed by atoms with Gasteiger partial charge in [0.25, 0.3) is 5.92 Å². The van der Waals surface area contributed by atoms with Crippen LogP contribution >= 0.6 is 0 Å². The molecule has 1 amide bonds. The zero-order valence-corrected chi connectivity index (χ0v) is 7.39. The molecule has 7 heteroatoms. The molecule has 0 aromatic heterocycles. The van der Waals surface area contributed by atoms with Crippen LogP contribution in [0, 0.1) is 0 Å². The molecule has 1 aliphatic rings. The third-order valence-corrected chi connectivity index (χ3v) is 2.25. The van der Waals surface area contributed by atoms with Gasteiger partial charge in [0.1, 0.15) is 0 Å². The number of alkyl halides is 2. The lowest BCUT2D eigenvalue weighted by atomic mass is 9.71. The summed E-state index contributed by atoms with van der Waals surface area (Å²) in [5.41, 5.74) is 6.58. The first-order chi connectivity index (χ1) is 6.46. The fourth-order valence-electron chi connectivity index (χ4n) is 1.56. The van der Waals surface area contributed by atoms with Crippen molar-refractivity contribution in [2.75, 3.05) is 0 Å². The molecule has 5 nitrogen and oxygen atoms in total. The van der Waals surface area contributed by atoms with Crippen molar-refractivity contribution in [1.29, 1.82) is 0 Å². The predicted octanol–water partition coefficient (Wildman–Crippen LogP) is -0.836. The number of rotatable bonds is 4. The van der Waals surface area contributed by atoms with Gasteiger partial charge in [0, 0.05) is 19.0 Å². The molecule has 1 rings (SSSR count). The van der Waals surface area contributed by atoms with Crippen LogP contribution in [0.2, 0.25) is 0 Å². The highest BCUT2D eigenvalue weighted by molar-refractivity contribution is 5.51. The Bertz CT molecular complexity index is 258. The number of hydrazine groups is 1. The second-order valence-electron chi connectivity index (χ2n) is 3.32. The Labute approximate surface area is 79.5 Å². The molecule has 6 N–H and O–H groups in total. The first-order valence-electron chi connectivity index (χ1n) is 3.97. The van der Waals surface area contributed by atoms with Crippen LogP contribution in [-0.4, -0.2) is 17.9 Å². The molecule has 0 saturated heterocycles. The average Bonchev–Trinajstić information content (AvgIpc) is 2.01. The smallest absolute Gasteiger partial charge is 0.253 e. The standard InChI is InChI=1S/C7H12F2N4O/c8-7(9)2-6(3-7,12-4-14)5(10)1-13-11/h1,4,13H,2-3,10-11H2,(H,12,14)/b5-1-. The average molecular weight is 206 g/mol. The number of nitrogens with one attached hydrogen (secondary N) is 2. The summed E-state index contributed by atoms with van der Waals surface area (Å²) < 4.78 is 25.3. The van der Waals surface area contributed by atoms with Crippen molar-refractivity contribution >= 4 is 6.41 Å². The third kappa shape index (κ3) is 1.77. The quantitative estimate of drug-likeness (QED) is 0.274. The highest BCUT2D eigenvalue weighted by atomic mass is 19.3. The van der Waals surface area contributed by atoms with Crippen LogP contribution in [-0.2, 0) is 4.79 Å². The summed E-state index contributed by atoms with van der Waals surface area (Å²) in [6, 6.07) is 0. The van der Waals surface area contributed by atoms with Crippen molar-refractivity contribution in [3.63, 3.8) is 0 Å². The summed E-state index contributed by atoms with van der Waals surface area (Å²) in [4.78, 5) is 10.2. The molecular formula is C7H12F2N4O. The Morgan fingerprint density at radius 3 is 2.36 bits per heavy atom. The molecule has 1 aliphatic carbocycles. The second kappa shape index (κ2) is 3.41.